The Balaban J connectivity index is 2.91. The number of nitrogens with one attached hydrogen (secondary N) is 1. The summed E-state index contributed by atoms with van der Waals surface area (Å²) in [6.07, 6.45) is -4.41. The van der Waals surface area contributed by atoms with Gasteiger partial charge in [0, 0.05) is 16.7 Å². The van der Waals surface area contributed by atoms with Crippen molar-refractivity contribution in [2.45, 2.75) is 20.0 Å². The normalized spacial score (nSPS) is 12.2. The highest BCUT2D eigenvalue weighted by atomic mass is 79.9. The van der Waals surface area contributed by atoms with Crippen LogP contribution in [0.5, 0.6) is 0 Å². The maximum Gasteiger partial charge on any atom is 0.416 e. The lowest BCUT2D eigenvalue weighted by Gasteiger charge is -2.23. The van der Waals surface area contributed by atoms with Crippen LogP contribution in [0.2, 0.25) is 0 Å². The predicted molar refractivity (Wildman–Crippen MR) is 73.4 cm³/mol. The van der Waals surface area contributed by atoms with Crippen LogP contribution in [0.1, 0.15) is 19.4 Å². The van der Waals surface area contributed by atoms with Crippen molar-refractivity contribution in [1.29, 1.82) is 0 Å². The average Bonchev–Trinajstić information content (AvgIpc) is 2.35. The Morgan fingerprint density at radius 1 is 1.35 bits per heavy atom. The quantitative estimate of drug-likeness (QED) is 0.829. The van der Waals surface area contributed by atoms with Crippen molar-refractivity contribution in [3.05, 3.63) is 28.2 Å². The lowest BCUT2D eigenvalue weighted by molar-refractivity contribution is -0.150. The third-order valence-electron chi connectivity index (χ3n) is 2.75. The van der Waals surface area contributed by atoms with Gasteiger partial charge in [-0.2, -0.15) is 13.2 Å². The monoisotopic (exact) mass is 353 g/mol. The van der Waals surface area contributed by atoms with Gasteiger partial charge in [0.25, 0.3) is 0 Å². The highest BCUT2D eigenvalue weighted by Gasteiger charge is 2.32. The number of carbonyl (C=O) groups is 1. The van der Waals surface area contributed by atoms with Gasteiger partial charge in [-0.3, -0.25) is 4.79 Å². The Morgan fingerprint density at radius 2 is 1.95 bits per heavy atom. The van der Waals surface area contributed by atoms with Crippen molar-refractivity contribution in [1.82, 2.24) is 0 Å². The van der Waals surface area contributed by atoms with E-state index < -0.39 is 23.1 Å². The highest BCUT2D eigenvalue weighted by molar-refractivity contribution is 9.10. The van der Waals surface area contributed by atoms with Gasteiger partial charge in [0.05, 0.1) is 18.1 Å². The molecular formula is C13H15BrF3NO2. The van der Waals surface area contributed by atoms with Gasteiger partial charge in [-0.25, -0.2) is 0 Å². The SMILES string of the molecule is COC(=O)C(C)(C)CNc1cc(C(F)(F)F)ccc1Br. The molecule has 0 aromatic heterocycles. The van der Waals surface area contributed by atoms with Crippen LogP contribution in [-0.4, -0.2) is 19.6 Å². The summed E-state index contributed by atoms with van der Waals surface area (Å²) >= 11 is 3.17. The van der Waals surface area contributed by atoms with Gasteiger partial charge in [-0.05, 0) is 48.0 Å². The summed E-state index contributed by atoms with van der Waals surface area (Å²) in [5.41, 5.74) is -1.32. The lowest BCUT2D eigenvalue weighted by atomic mass is 9.93. The Labute approximate surface area is 123 Å². The first kappa shape index (κ1) is 16.8. The van der Waals surface area contributed by atoms with Gasteiger partial charge >= 0.3 is 12.1 Å². The molecule has 3 nitrogen and oxygen atoms in total. The molecule has 0 saturated carbocycles. The maximum absolute atomic E-state index is 12.6. The van der Waals surface area contributed by atoms with Crippen LogP contribution in [0.15, 0.2) is 22.7 Å². The van der Waals surface area contributed by atoms with Gasteiger partial charge < -0.3 is 10.1 Å². The van der Waals surface area contributed by atoms with E-state index in [1.165, 1.54) is 13.2 Å². The topological polar surface area (TPSA) is 38.3 Å². The molecule has 0 bridgehead atoms. The zero-order valence-corrected chi connectivity index (χ0v) is 12.9. The third kappa shape index (κ3) is 4.13. The summed E-state index contributed by atoms with van der Waals surface area (Å²) in [6, 6.07) is 3.30. The average molecular weight is 354 g/mol. The minimum absolute atomic E-state index is 0.152. The standard InChI is InChI=1S/C13H15BrF3NO2/c1-12(2,11(19)20-3)7-18-10-6-8(13(15,16)17)4-5-9(10)14/h4-6,18H,7H2,1-3H3. The third-order valence-corrected chi connectivity index (χ3v) is 3.44. The van der Waals surface area contributed by atoms with E-state index in [0.29, 0.717) is 4.47 Å². The fraction of sp³-hybridized carbons (Fsp3) is 0.462. The van der Waals surface area contributed by atoms with E-state index >= 15 is 0 Å². The van der Waals surface area contributed by atoms with Crippen LogP contribution in [0.25, 0.3) is 0 Å². The number of hydrogen-bond acceptors (Lipinski definition) is 3. The van der Waals surface area contributed by atoms with E-state index in [2.05, 4.69) is 26.0 Å². The summed E-state index contributed by atoms with van der Waals surface area (Å²) in [6.45, 7) is 3.44. The summed E-state index contributed by atoms with van der Waals surface area (Å²) in [7, 11) is 1.27. The molecule has 0 fully saturated rings. The highest BCUT2D eigenvalue weighted by Crippen LogP contribution is 2.34. The zero-order chi connectivity index (χ0) is 15.6. The molecule has 112 valence electrons. The van der Waals surface area contributed by atoms with Gasteiger partial charge in [-0.15, -0.1) is 0 Å². The van der Waals surface area contributed by atoms with Crippen molar-refractivity contribution in [2.24, 2.45) is 5.41 Å². The second kappa shape index (κ2) is 6.03. The maximum atomic E-state index is 12.6. The largest absolute Gasteiger partial charge is 0.469 e. The molecule has 0 radical (unpaired) electrons. The molecule has 1 rings (SSSR count). The Morgan fingerprint density at radius 3 is 2.45 bits per heavy atom. The minimum Gasteiger partial charge on any atom is -0.469 e. The number of rotatable bonds is 4. The van der Waals surface area contributed by atoms with Crippen LogP contribution in [0.3, 0.4) is 0 Å². The van der Waals surface area contributed by atoms with Gasteiger partial charge in [0.1, 0.15) is 0 Å². The minimum atomic E-state index is -4.41. The fourth-order valence-electron chi connectivity index (χ4n) is 1.50. The molecule has 0 atom stereocenters. The molecule has 0 aliphatic rings. The number of methoxy groups -OCH3 is 1. The van der Waals surface area contributed by atoms with Crippen molar-refractivity contribution in [2.75, 3.05) is 19.0 Å². The Hall–Kier alpha value is -1.24. The van der Waals surface area contributed by atoms with Crippen LogP contribution < -0.4 is 5.32 Å². The first-order valence-corrected chi connectivity index (χ1v) is 6.56. The van der Waals surface area contributed by atoms with Gasteiger partial charge in [0.15, 0.2) is 0 Å². The van der Waals surface area contributed by atoms with E-state index in [1.54, 1.807) is 13.8 Å². The number of ether oxygens (including phenoxy) is 1. The molecule has 1 N–H and O–H groups in total. The van der Waals surface area contributed by atoms with E-state index in [-0.39, 0.29) is 12.2 Å². The van der Waals surface area contributed by atoms with E-state index in [1.807, 2.05) is 0 Å². The van der Waals surface area contributed by atoms with Gasteiger partial charge in [0.2, 0.25) is 0 Å². The van der Waals surface area contributed by atoms with Crippen LogP contribution >= 0.6 is 15.9 Å². The first-order valence-electron chi connectivity index (χ1n) is 5.77. The van der Waals surface area contributed by atoms with E-state index in [4.69, 9.17) is 0 Å². The molecule has 1 aromatic carbocycles. The molecular weight excluding hydrogens is 339 g/mol. The number of carbonyl (C=O) groups excluding carboxylic acids is 1. The molecule has 0 amide bonds. The summed E-state index contributed by atoms with van der Waals surface area (Å²) in [5.74, 6) is -0.437. The predicted octanol–water partition coefficient (Wildman–Crippen LogP) is 4.08. The molecule has 0 aliphatic heterocycles. The second-order valence-electron chi connectivity index (χ2n) is 4.92. The molecule has 7 heteroatoms. The molecule has 0 aliphatic carbocycles. The summed E-state index contributed by atoms with van der Waals surface area (Å²) < 4.78 is 43.1. The van der Waals surface area contributed by atoms with Gasteiger partial charge in [-0.1, -0.05) is 0 Å². The van der Waals surface area contributed by atoms with Crippen molar-refractivity contribution in [3.8, 4) is 0 Å². The molecule has 0 saturated heterocycles. The summed E-state index contributed by atoms with van der Waals surface area (Å²) in [5, 5.41) is 2.83. The lowest BCUT2D eigenvalue weighted by Crippen LogP contribution is -2.33. The van der Waals surface area contributed by atoms with Crippen molar-refractivity contribution >= 4 is 27.6 Å². The van der Waals surface area contributed by atoms with Crippen molar-refractivity contribution in [3.63, 3.8) is 0 Å². The number of benzene rings is 1. The second-order valence-corrected chi connectivity index (χ2v) is 5.78. The van der Waals surface area contributed by atoms with Crippen molar-refractivity contribution < 1.29 is 22.7 Å². The van der Waals surface area contributed by atoms with E-state index in [0.717, 1.165) is 12.1 Å². The molecule has 1 aromatic rings. The molecule has 20 heavy (non-hydrogen) atoms. The van der Waals surface area contributed by atoms with Crippen LogP contribution in [0, 0.1) is 5.41 Å². The number of anilines is 1. The number of esters is 1. The fourth-order valence-corrected chi connectivity index (χ4v) is 1.89. The zero-order valence-electron chi connectivity index (χ0n) is 11.3. The molecule has 0 heterocycles. The number of halogens is 4. The Bertz CT molecular complexity index is 501. The number of alkyl halides is 3. The summed E-state index contributed by atoms with van der Waals surface area (Å²) in [4.78, 5) is 11.5. The number of hydrogen-bond donors (Lipinski definition) is 1. The van der Waals surface area contributed by atoms with E-state index in [9.17, 15) is 18.0 Å². The van der Waals surface area contributed by atoms with Crippen LogP contribution in [-0.2, 0) is 15.7 Å². The van der Waals surface area contributed by atoms with Crippen LogP contribution in [0.4, 0.5) is 18.9 Å². The molecule has 0 unspecified atom stereocenters. The molecule has 0 spiro atoms. The smallest absolute Gasteiger partial charge is 0.416 e. The first-order chi connectivity index (χ1) is 9.08. The Kier molecular flexibility index (Phi) is 5.07.